The van der Waals surface area contributed by atoms with E-state index in [9.17, 15) is 4.79 Å². The van der Waals surface area contributed by atoms with Crippen molar-refractivity contribution in [3.05, 3.63) is 64.4 Å². The summed E-state index contributed by atoms with van der Waals surface area (Å²) in [5.41, 5.74) is 1.59. The summed E-state index contributed by atoms with van der Waals surface area (Å²) in [7, 11) is 0. The van der Waals surface area contributed by atoms with Gasteiger partial charge in [0, 0.05) is 15.2 Å². The summed E-state index contributed by atoms with van der Waals surface area (Å²) >= 11 is 10.8. The van der Waals surface area contributed by atoms with Crippen molar-refractivity contribution in [3.63, 3.8) is 0 Å². The number of hydrogen-bond acceptors (Lipinski definition) is 4. The molecule has 0 saturated heterocycles. The zero-order valence-corrected chi connectivity index (χ0v) is 16.3. The molecule has 1 N–H and O–H groups in total. The Balaban J connectivity index is 1.72. The smallest absolute Gasteiger partial charge is 0.237 e. The van der Waals surface area contributed by atoms with Gasteiger partial charge in [-0.3, -0.25) is 9.36 Å². The fraction of sp³-hybridized carbons (Fsp3) is 0.118. The van der Waals surface area contributed by atoms with Crippen LogP contribution in [0.3, 0.4) is 0 Å². The highest BCUT2D eigenvalue weighted by Crippen LogP contribution is 2.26. The molecule has 0 aliphatic carbocycles. The van der Waals surface area contributed by atoms with Gasteiger partial charge in [-0.15, -0.1) is 10.2 Å². The van der Waals surface area contributed by atoms with Gasteiger partial charge in [0.05, 0.1) is 10.9 Å². The van der Waals surface area contributed by atoms with Crippen molar-refractivity contribution in [2.75, 3.05) is 5.32 Å². The van der Waals surface area contributed by atoms with E-state index in [-0.39, 0.29) is 11.2 Å². The van der Waals surface area contributed by atoms with Gasteiger partial charge in [-0.05, 0) is 43.3 Å². The number of amides is 1. The Bertz CT molecular complexity index is 902. The molecule has 3 aromatic rings. The molecule has 1 unspecified atom stereocenters. The summed E-state index contributed by atoms with van der Waals surface area (Å²) in [5.74, 6) is -0.108. The molecule has 0 saturated carbocycles. The molecule has 0 spiro atoms. The monoisotopic (exact) mass is 436 g/mol. The van der Waals surface area contributed by atoms with Crippen LogP contribution in [0, 0.1) is 0 Å². The van der Waals surface area contributed by atoms with E-state index in [1.54, 1.807) is 17.0 Å². The Labute approximate surface area is 162 Å². The number of aromatic nitrogens is 3. The third-order valence-electron chi connectivity index (χ3n) is 3.35. The molecule has 2 aromatic carbocycles. The predicted octanol–water partition coefficient (Wildman–Crippen LogP) is 4.80. The van der Waals surface area contributed by atoms with Crippen LogP contribution in [0.4, 0.5) is 5.69 Å². The van der Waals surface area contributed by atoms with Gasteiger partial charge in [0.1, 0.15) is 6.33 Å². The van der Waals surface area contributed by atoms with Gasteiger partial charge < -0.3 is 5.32 Å². The van der Waals surface area contributed by atoms with E-state index in [1.807, 2.05) is 49.4 Å². The molecule has 128 valence electrons. The van der Waals surface area contributed by atoms with Gasteiger partial charge in [-0.1, -0.05) is 51.4 Å². The summed E-state index contributed by atoms with van der Waals surface area (Å²) in [6, 6.07) is 14.9. The van der Waals surface area contributed by atoms with E-state index in [2.05, 4.69) is 31.4 Å². The Morgan fingerprint density at radius 2 is 2.08 bits per heavy atom. The number of carbonyl (C=O) groups excluding carboxylic acids is 1. The number of nitrogens with zero attached hydrogens (tertiary/aromatic N) is 3. The second-order valence-corrected chi connectivity index (χ2v) is 7.88. The first kappa shape index (κ1) is 18.0. The molecule has 1 heterocycles. The molecule has 8 heteroatoms. The molecule has 1 aromatic heterocycles. The summed E-state index contributed by atoms with van der Waals surface area (Å²) < 4.78 is 2.71. The minimum Gasteiger partial charge on any atom is -0.325 e. The molecule has 3 rings (SSSR count). The number of thioether (sulfide) groups is 1. The van der Waals surface area contributed by atoms with Crippen LogP contribution in [0.15, 0.2) is 64.5 Å². The molecule has 0 fully saturated rings. The van der Waals surface area contributed by atoms with E-state index in [4.69, 9.17) is 11.6 Å². The van der Waals surface area contributed by atoms with Gasteiger partial charge in [0.2, 0.25) is 5.91 Å². The van der Waals surface area contributed by atoms with Crippen molar-refractivity contribution in [2.24, 2.45) is 0 Å². The first-order valence-corrected chi connectivity index (χ1v) is 9.47. The quantitative estimate of drug-likeness (QED) is 0.582. The summed E-state index contributed by atoms with van der Waals surface area (Å²) in [6.45, 7) is 1.83. The minimum absolute atomic E-state index is 0.108. The lowest BCUT2D eigenvalue weighted by atomic mass is 10.3. The Morgan fingerprint density at radius 3 is 2.84 bits per heavy atom. The normalized spacial score (nSPS) is 12.0. The van der Waals surface area contributed by atoms with Gasteiger partial charge in [0.25, 0.3) is 0 Å². The number of nitrogens with one attached hydrogen (secondary N) is 1. The van der Waals surface area contributed by atoms with Crippen molar-refractivity contribution in [1.29, 1.82) is 0 Å². The van der Waals surface area contributed by atoms with E-state index >= 15 is 0 Å². The number of carbonyl (C=O) groups is 1. The highest BCUT2D eigenvalue weighted by molar-refractivity contribution is 9.10. The highest BCUT2D eigenvalue weighted by atomic mass is 79.9. The van der Waals surface area contributed by atoms with Crippen LogP contribution in [0.1, 0.15) is 6.92 Å². The fourth-order valence-corrected chi connectivity index (χ4v) is 3.56. The topological polar surface area (TPSA) is 59.8 Å². The maximum Gasteiger partial charge on any atom is 0.237 e. The van der Waals surface area contributed by atoms with Crippen LogP contribution in [0.2, 0.25) is 5.02 Å². The first-order chi connectivity index (χ1) is 12.0. The third kappa shape index (κ3) is 4.62. The van der Waals surface area contributed by atoms with Crippen LogP contribution in [-0.4, -0.2) is 25.9 Å². The maximum atomic E-state index is 12.4. The third-order valence-corrected chi connectivity index (χ3v) is 5.13. The van der Waals surface area contributed by atoms with Crippen molar-refractivity contribution in [1.82, 2.24) is 14.8 Å². The largest absolute Gasteiger partial charge is 0.325 e. The lowest BCUT2D eigenvalue weighted by molar-refractivity contribution is -0.115. The van der Waals surface area contributed by atoms with Gasteiger partial charge >= 0.3 is 0 Å². The van der Waals surface area contributed by atoms with E-state index in [0.717, 1.165) is 15.8 Å². The molecule has 1 atom stereocenters. The molecule has 1 amide bonds. The van der Waals surface area contributed by atoms with E-state index in [1.165, 1.54) is 11.8 Å². The van der Waals surface area contributed by atoms with Crippen LogP contribution < -0.4 is 5.32 Å². The molecular formula is C17H14BrClN4OS. The number of anilines is 1. The molecule has 0 radical (unpaired) electrons. The Hall–Kier alpha value is -1.83. The lowest BCUT2D eigenvalue weighted by Gasteiger charge is -2.12. The molecule has 0 aliphatic heterocycles. The maximum absolute atomic E-state index is 12.4. The van der Waals surface area contributed by atoms with Crippen molar-refractivity contribution >= 4 is 50.9 Å². The fourth-order valence-electron chi connectivity index (χ4n) is 2.13. The molecule has 0 aliphatic rings. The summed E-state index contributed by atoms with van der Waals surface area (Å²) in [6.07, 6.45) is 1.60. The van der Waals surface area contributed by atoms with Gasteiger partial charge in [0.15, 0.2) is 5.16 Å². The predicted molar refractivity (Wildman–Crippen MR) is 104 cm³/mol. The highest BCUT2D eigenvalue weighted by Gasteiger charge is 2.18. The van der Waals surface area contributed by atoms with Crippen molar-refractivity contribution < 1.29 is 4.79 Å². The van der Waals surface area contributed by atoms with E-state index < -0.39 is 0 Å². The van der Waals surface area contributed by atoms with Gasteiger partial charge in [-0.2, -0.15) is 0 Å². The SMILES string of the molecule is CC(Sc1nncn1-c1cccc(Cl)c1)C(=O)Nc1cccc(Br)c1. The molecule has 5 nitrogen and oxygen atoms in total. The zero-order chi connectivity index (χ0) is 17.8. The van der Waals surface area contributed by atoms with E-state index in [0.29, 0.717) is 10.2 Å². The van der Waals surface area contributed by atoms with Crippen LogP contribution in [0.25, 0.3) is 5.69 Å². The molecular weight excluding hydrogens is 424 g/mol. The Morgan fingerprint density at radius 1 is 1.28 bits per heavy atom. The first-order valence-electron chi connectivity index (χ1n) is 7.42. The van der Waals surface area contributed by atoms with Crippen molar-refractivity contribution in [3.8, 4) is 5.69 Å². The summed E-state index contributed by atoms with van der Waals surface area (Å²) in [4.78, 5) is 12.4. The zero-order valence-electron chi connectivity index (χ0n) is 13.2. The van der Waals surface area contributed by atoms with Crippen LogP contribution in [0.5, 0.6) is 0 Å². The average molecular weight is 438 g/mol. The van der Waals surface area contributed by atoms with Gasteiger partial charge in [-0.25, -0.2) is 0 Å². The molecule has 25 heavy (non-hydrogen) atoms. The number of hydrogen-bond donors (Lipinski definition) is 1. The number of rotatable bonds is 5. The number of benzene rings is 2. The summed E-state index contributed by atoms with van der Waals surface area (Å²) in [5, 5.41) is 11.9. The standard InChI is InChI=1S/C17H14BrClN4OS/c1-11(16(24)21-14-6-2-4-12(18)8-14)25-17-22-20-10-23(17)15-7-3-5-13(19)9-15/h2-11H,1H3,(H,21,24). The minimum atomic E-state index is -0.346. The molecule has 0 bridgehead atoms. The lowest BCUT2D eigenvalue weighted by Crippen LogP contribution is -2.22. The second-order valence-electron chi connectivity index (χ2n) is 5.22. The van der Waals surface area contributed by atoms with Crippen LogP contribution >= 0.6 is 39.3 Å². The number of halogens is 2. The second kappa shape index (κ2) is 8.03. The van der Waals surface area contributed by atoms with Crippen LogP contribution in [-0.2, 0) is 4.79 Å². The van der Waals surface area contributed by atoms with Crippen molar-refractivity contribution in [2.45, 2.75) is 17.3 Å². The Kier molecular flexibility index (Phi) is 5.78. The average Bonchev–Trinajstić information content (AvgIpc) is 3.03.